The Morgan fingerprint density at radius 2 is 1.50 bits per heavy atom. The molecule has 0 atom stereocenters. The maximum Gasteiger partial charge on any atom is 0.00203 e. The molecular weight excluding hydrogens is 196 g/mol. The predicted molar refractivity (Wildman–Crippen MR) is 69.6 cm³/mol. The molecule has 2 rings (SSSR count). The second-order valence-electron chi connectivity index (χ2n) is 6.75. The molecule has 2 heteroatoms. The lowest BCUT2D eigenvalue weighted by molar-refractivity contribution is 0.229. The summed E-state index contributed by atoms with van der Waals surface area (Å²) in [5.41, 5.74) is 1.10. The molecule has 2 aliphatic rings. The van der Waals surface area contributed by atoms with Gasteiger partial charge in [-0.15, -0.1) is 0 Å². The first-order valence-electron chi connectivity index (χ1n) is 6.89. The summed E-state index contributed by atoms with van der Waals surface area (Å²) in [5, 5.41) is 3.48. The Kier molecular flexibility index (Phi) is 3.33. The molecule has 16 heavy (non-hydrogen) atoms. The Morgan fingerprint density at radius 3 is 1.94 bits per heavy atom. The highest BCUT2D eigenvalue weighted by molar-refractivity contribution is 5.13. The molecule has 0 spiro atoms. The van der Waals surface area contributed by atoms with E-state index in [1.807, 2.05) is 0 Å². The molecule has 2 fully saturated rings. The van der Waals surface area contributed by atoms with Crippen LogP contribution in [0.2, 0.25) is 0 Å². The van der Waals surface area contributed by atoms with Crippen LogP contribution in [0.1, 0.15) is 40.5 Å². The van der Waals surface area contributed by atoms with Crippen molar-refractivity contribution in [2.24, 2.45) is 16.7 Å². The van der Waals surface area contributed by atoms with Gasteiger partial charge in [-0.05, 0) is 55.8 Å². The van der Waals surface area contributed by atoms with Gasteiger partial charge in [-0.3, -0.25) is 0 Å². The van der Waals surface area contributed by atoms with Gasteiger partial charge in [0, 0.05) is 6.54 Å². The minimum absolute atomic E-state index is 0.549. The molecule has 1 aliphatic heterocycles. The van der Waals surface area contributed by atoms with E-state index in [-0.39, 0.29) is 0 Å². The van der Waals surface area contributed by atoms with Crippen LogP contribution in [0.15, 0.2) is 0 Å². The fourth-order valence-corrected chi connectivity index (χ4v) is 3.32. The van der Waals surface area contributed by atoms with E-state index in [9.17, 15) is 0 Å². The first-order valence-corrected chi connectivity index (χ1v) is 6.89. The molecule has 2 nitrogen and oxygen atoms in total. The minimum atomic E-state index is 0.549. The molecule has 0 aromatic heterocycles. The highest BCUT2D eigenvalue weighted by Crippen LogP contribution is 2.68. The van der Waals surface area contributed by atoms with Crippen LogP contribution < -0.4 is 5.32 Å². The topological polar surface area (TPSA) is 15.3 Å². The van der Waals surface area contributed by atoms with Gasteiger partial charge < -0.3 is 10.2 Å². The molecule has 1 saturated carbocycles. The quantitative estimate of drug-likeness (QED) is 0.774. The minimum Gasteiger partial charge on any atom is -0.317 e. The van der Waals surface area contributed by atoms with Crippen molar-refractivity contribution in [2.45, 2.75) is 40.5 Å². The largest absolute Gasteiger partial charge is 0.317 e. The fraction of sp³-hybridized carbons (Fsp3) is 1.00. The number of rotatable bonds is 2. The summed E-state index contributed by atoms with van der Waals surface area (Å²) in [5.74, 6) is 0.896. The smallest absolute Gasteiger partial charge is 0.00203 e. The van der Waals surface area contributed by atoms with E-state index >= 15 is 0 Å². The second kappa shape index (κ2) is 4.30. The monoisotopic (exact) mass is 224 g/mol. The van der Waals surface area contributed by atoms with Gasteiger partial charge in [0.25, 0.3) is 0 Å². The van der Waals surface area contributed by atoms with Crippen LogP contribution in [0, 0.1) is 16.7 Å². The lowest BCUT2D eigenvalue weighted by Gasteiger charge is -2.25. The van der Waals surface area contributed by atoms with Gasteiger partial charge in [0.1, 0.15) is 0 Å². The molecule has 1 aliphatic carbocycles. The van der Waals surface area contributed by atoms with Crippen LogP contribution in [0.25, 0.3) is 0 Å². The first kappa shape index (κ1) is 12.4. The van der Waals surface area contributed by atoms with Crippen molar-refractivity contribution in [2.75, 3.05) is 32.7 Å². The maximum absolute atomic E-state index is 3.48. The van der Waals surface area contributed by atoms with Gasteiger partial charge in [0.05, 0.1) is 0 Å². The summed E-state index contributed by atoms with van der Waals surface area (Å²) in [6.07, 6.45) is 2.63. The zero-order valence-electron chi connectivity index (χ0n) is 11.5. The fourth-order valence-electron chi connectivity index (χ4n) is 3.32. The van der Waals surface area contributed by atoms with E-state index in [1.165, 1.54) is 45.6 Å². The highest BCUT2D eigenvalue weighted by atomic mass is 15.1. The van der Waals surface area contributed by atoms with E-state index in [0.29, 0.717) is 10.8 Å². The molecule has 0 bridgehead atoms. The molecule has 94 valence electrons. The Labute approximate surface area is 101 Å². The van der Waals surface area contributed by atoms with Crippen molar-refractivity contribution in [3.05, 3.63) is 0 Å². The summed E-state index contributed by atoms with van der Waals surface area (Å²) >= 11 is 0. The third-order valence-electron chi connectivity index (χ3n) is 5.42. The van der Waals surface area contributed by atoms with Crippen molar-refractivity contribution in [1.82, 2.24) is 10.2 Å². The summed E-state index contributed by atoms with van der Waals surface area (Å²) in [6.45, 7) is 16.0. The zero-order chi connectivity index (χ0) is 11.8. The predicted octanol–water partition coefficient (Wildman–Crippen LogP) is 2.35. The Balaban J connectivity index is 1.85. The van der Waals surface area contributed by atoms with E-state index in [0.717, 1.165) is 5.92 Å². The van der Waals surface area contributed by atoms with Gasteiger partial charge in [0.2, 0.25) is 0 Å². The molecule has 1 N–H and O–H groups in total. The number of nitrogens with one attached hydrogen (secondary N) is 1. The summed E-state index contributed by atoms with van der Waals surface area (Å²) in [7, 11) is 0. The maximum atomic E-state index is 3.48. The molecule has 0 aromatic rings. The first-order chi connectivity index (χ1) is 7.46. The third kappa shape index (κ3) is 2.14. The highest BCUT2D eigenvalue weighted by Gasteiger charge is 2.64. The van der Waals surface area contributed by atoms with Crippen LogP contribution in [-0.2, 0) is 0 Å². The van der Waals surface area contributed by atoms with Gasteiger partial charge in [-0.2, -0.15) is 0 Å². The van der Waals surface area contributed by atoms with Crippen molar-refractivity contribution in [3.8, 4) is 0 Å². The van der Waals surface area contributed by atoms with Crippen molar-refractivity contribution in [3.63, 3.8) is 0 Å². The van der Waals surface area contributed by atoms with Gasteiger partial charge >= 0.3 is 0 Å². The van der Waals surface area contributed by atoms with Crippen LogP contribution in [0.3, 0.4) is 0 Å². The molecule has 0 unspecified atom stereocenters. The molecular formula is C14H28N2. The lowest BCUT2D eigenvalue weighted by Crippen LogP contribution is -2.35. The summed E-state index contributed by atoms with van der Waals surface area (Å²) < 4.78 is 0. The Bertz CT molecular complexity index is 223. The van der Waals surface area contributed by atoms with Gasteiger partial charge in [-0.25, -0.2) is 0 Å². The van der Waals surface area contributed by atoms with Crippen molar-refractivity contribution >= 4 is 0 Å². The van der Waals surface area contributed by atoms with Gasteiger partial charge in [0.15, 0.2) is 0 Å². The van der Waals surface area contributed by atoms with E-state index in [2.05, 4.69) is 37.9 Å². The van der Waals surface area contributed by atoms with Gasteiger partial charge in [-0.1, -0.05) is 27.7 Å². The number of hydrogen-bond acceptors (Lipinski definition) is 2. The average molecular weight is 224 g/mol. The van der Waals surface area contributed by atoms with E-state index in [1.54, 1.807) is 0 Å². The SMILES string of the molecule is CC1(C)C(CN2CCCNCCC2)C1(C)C. The van der Waals surface area contributed by atoms with E-state index < -0.39 is 0 Å². The molecule has 0 radical (unpaired) electrons. The summed E-state index contributed by atoms with van der Waals surface area (Å²) in [4.78, 5) is 2.70. The lowest BCUT2D eigenvalue weighted by atomic mass is 10.0. The number of hydrogen-bond donors (Lipinski definition) is 1. The molecule has 0 amide bonds. The molecule has 0 aromatic carbocycles. The van der Waals surface area contributed by atoms with Crippen LogP contribution in [0.5, 0.6) is 0 Å². The van der Waals surface area contributed by atoms with E-state index in [4.69, 9.17) is 0 Å². The normalized spacial score (nSPS) is 30.8. The Hall–Kier alpha value is -0.0800. The van der Waals surface area contributed by atoms with Crippen molar-refractivity contribution in [1.29, 1.82) is 0 Å². The van der Waals surface area contributed by atoms with Crippen LogP contribution in [-0.4, -0.2) is 37.6 Å². The molecule has 1 heterocycles. The van der Waals surface area contributed by atoms with Crippen LogP contribution >= 0.6 is 0 Å². The second-order valence-corrected chi connectivity index (χ2v) is 6.75. The Morgan fingerprint density at radius 1 is 1.00 bits per heavy atom. The zero-order valence-corrected chi connectivity index (χ0v) is 11.5. The standard InChI is InChI=1S/C14H28N2/c1-13(2)12(14(13,3)4)11-16-9-5-7-15-8-6-10-16/h12,15H,5-11H2,1-4H3. The third-order valence-corrected chi connectivity index (χ3v) is 5.42. The average Bonchev–Trinajstić information content (AvgIpc) is 2.51. The van der Waals surface area contributed by atoms with Crippen LogP contribution in [0.4, 0.5) is 0 Å². The van der Waals surface area contributed by atoms with Crippen molar-refractivity contribution < 1.29 is 0 Å². The summed E-state index contributed by atoms with van der Waals surface area (Å²) in [6, 6.07) is 0. The molecule has 1 saturated heterocycles. The number of nitrogens with zero attached hydrogens (tertiary/aromatic N) is 1.